The molecule has 1 saturated heterocycles. The van der Waals surface area contributed by atoms with Gasteiger partial charge in [-0.3, -0.25) is 0 Å². The molecule has 0 unspecified atom stereocenters. The van der Waals surface area contributed by atoms with E-state index in [4.69, 9.17) is 18.9 Å². The Bertz CT molecular complexity index is 785. The summed E-state index contributed by atoms with van der Waals surface area (Å²) in [5.74, 6) is 0.774. The quantitative estimate of drug-likeness (QED) is 0.644. The van der Waals surface area contributed by atoms with E-state index in [1.54, 1.807) is 19.3 Å². The van der Waals surface area contributed by atoms with Crippen molar-refractivity contribution in [3.63, 3.8) is 0 Å². The Balaban J connectivity index is 1.70. The highest BCUT2D eigenvalue weighted by Crippen LogP contribution is 2.34. The summed E-state index contributed by atoms with van der Waals surface area (Å²) in [6, 6.07) is 17.7. The topological polar surface area (TPSA) is 57.2 Å². The SMILES string of the molecule is C=C/C(=C\CO)[C@@H]1C[C@H](COCc2ccccc2)O[C@H](c2ccc(OC)cc2)O1. The van der Waals surface area contributed by atoms with E-state index in [0.717, 1.165) is 22.4 Å². The van der Waals surface area contributed by atoms with Crippen molar-refractivity contribution < 1.29 is 24.1 Å². The van der Waals surface area contributed by atoms with Gasteiger partial charge in [0.05, 0.1) is 39.1 Å². The van der Waals surface area contributed by atoms with E-state index < -0.39 is 6.29 Å². The van der Waals surface area contributed by atoms with Crippen LogP contribution in [0.5, 0.6) is 5.75 Å². The molecule has 0 aliphatic carbocycles. The second-order valence-electron chi connectivity index (χ2n) is 6.82. The number of hydrogen-bond donors (Lipinski definition) is 1. The lowest BCUT2D eigenvalue weighted by atomic mass is 10.0. The summed E-state index contributed by atoms with van der Waals surface area (Å²) >= 11 is 0. The van der Waals surface area contributed by atoms with Crippen molar-refractivity contribution in [3.8, 4) is 5.75 Å². The maximum Gasteiger partial charge on any atom is 0.184 e. The third kappa shape index (κ3) is 6.02. The predicted molar refractivity (Wildman–Crippen MR) is 112 cm³/mol. The first-order chi connectivity index (χ1) is 14.2. The average Bonchev–Trinajstić information content (AvgIpc) is 2.78. The summed E-state index contributed by atoms with van der Waals surface area (Å²) in [6.07, 6.45) is 3.15. The van der Waals surface area contributed by atoms with Crippen LogP contribution in [-0.2, 0) is 20.8 Å². The Morgan fingerprint density at radius 3 is 2.55 bits per heavy atom. The zero-order chi connectivity index (χ0) is 20.5. The number of hydrogen-bond acceptors (Lipinski definition) is 5. The highest BCUT2D eigenvalue weighted by atomic mass is 16.7. The van der Waals surface area contributed by atoms with Gasteiger partial charge in [0.25, 0.3) is 0 Å². The van der Waals surface area contributed by atoms with E-state index in [1.165, 1.54) is 0 Å². The standard InChI is InChI=1S/C24H28O5/c1-3-19(13-14-25)23-15-22(17-27-16-18-7-5-4-6-8-18)28-24(29-23)20-9-11-21(26-2)12-10-20/h3-13,22-25H,1,14-17H2,2H3/b19-13+/t22-,23+,24+/m1/s1. The van der Waals surface area contributed by atoms with Crippen molar-refractivity contribution in [2.45, 2.75) is 31.5 Å². The minimum absolute atomic E-state index is 0.0650. The number of benzene rings is 2. The minimum Gasteiger partial charge on any atom is -0.497 e. The van der Waals surface area contributed by atoms with Crippen LogP contribution in [0.3, 0.4) is 0 Å². The van der Waals surface area contributed by atoms with E-state index in [0.29, 0.717) is 19.6 Å². The monoisotopic (exact) mass is 396 g/mol. The normalized spacial score (nSPS) is 22.3. The van der Waals surface area contributed by atoms with Crippen LogP contribution >= 0.6 is 0 Å². The van der Waals surface area contributed by atoms with Gasteiger partial charge in [-0.05, 0) is 23.3 Å². The molecule has 0 bridgehead atoms. The number of methoxy groups -OCH3 is 1. The van der Waals surface area contributed by atoms with Gasteiger partial charge in [-0.25, -0.2) is 0 Å². The van der Waals surface area contributed by atoms with E-state index in [2.05, 4.69) is 6.58 Å². The van der Waals surface area contributed by atoms with Crippen molar-refractivity contribution in [1.29, 1.82) is 0 Å². The summed E-state index contributed by atoms with van der Waals surface area (Å²) in [5.41, 5.74) is 2.87. The summed E-state index contributed by atoms with van der Waals surface area (Å²) in [6.45, 7) is 4.77. The lowest BCUT2D eigenvalue weighted by molar-refractivity contribution is -0.248. The molecule has 3 rings (SSSR count). The molecule has 2 aromatic carbocycles. The first kappa shape index (κ1) is 21.3. The van der Waals surface area contributed by atoms with Crippen LogP contribution < -0.4 is 4.74 Å². The number of aliphatic hydroxyl groups is 1. The fraction of sp³-hybridized carbons (Fsp3) is 0.333. The molecule has 0 spiro atoms. The average molecular weight is 396 g/mol. The molecule has 1 aliphatic heterocycles. The van der Waals surface area contributed by atoms with Gasteiger partial charge in [-0.15, -0.1) is 0 Å². The van der Waals surface area contributed by atoms with E-state index in [-0.39, 0.29) is 18.8 Å². The van der Waals surface area contributed by atoms with Crippen LogP contribution in [0.1, 0.15) is 23.8 Å². The van der Waals surface area contributed by atoms with E-state index in [1.807, 2.05) is 54.6 Å². The molecule has 3 atom stereocenters. The Labute approximate surface area is 172 Å². The summed E-state index contributed by atoms with van der Waals surface area (Å²) in [5, 5.41) is 9.32. The molecule has 0 aromatic heterocycles. The molecule has 2 aromatic rings. The van der Waals surface area contributed by atoms with E-state index in [9.17, 15) is 5.11 Å². The third-order valence-corrected chi connectivity index (χ3v) is 4.82. The highest BCUT2D eigenvalue weighted by Gasteiger charge is 2.32. The van der Waals surface area contributed by atoms with Crippen LogP contribution in [0, 0.1) is 0 Å². The molecule has 0 radical (unpaired) electrons. The van der Waals surface area contributed by atoms with Gasteiger partial charge < -0.3 is 24.1 Å². The first-order valence-electron chi connectivity index (χ1n) is 9.73. The van der Waals surface area contributed by atoms with Gasteiger partial charge in [0.15, 0.2) is 6.29 Å². The van der Waals surface area contributed by atoms with Crippen molar-refractivity contribution >= 4 is 0 Å². The van der Waals surface area contributed by atoms with Crippen LogP contribution in [0.4, 0.5) is 0 Å². The molecule has 0 amide bonds. The number of rotatable bonds is 9. The van der Waals surface area contributed by atoms with Crippen LogP contribution in [0.2, 0.25) is 0 Å². The molecule has 1 N–H and O–H groups in total. The van der Waals surface area contributed by atoms with Crippen molar-refractivity contribution in [2.75, 3.05) is 20.3 Å². The lowest BCUT2D eigenvalue weighted by Crippen LogP contribution is -2.37. The molecule has 154 valence electrons. The van der Waals surface area contributed by atoms with Gasteiger partial charge in [-0.1, -0.05) is 61.2 Å². The number of aliphatic hydroxyl groups excluding tert-OH is 1. The van der Waals surface area contributed by atoms with Crippen molar-refractivity contribution in [3.05, 3.63) is 90.0 Å². The van der Waals surface area contributed by atoms with Crippen molar-refractivity contribution in [1.82, 2.24) is 0 Å². The maximum absolute atomic E-state index is 9.32. The maximum atomic E-state index is 9.32. The molecular formula is C24H28O5. The lowest BCUT2D eigenvalue weighted by Gasteiger charge is -2.36. The molecule has 1 aliphatic rings. The minimum atomic E-state index is -0.535. The fourth-order valence-electron chi connectivity index (χ4n) is 3.28. The Morgan fingerprint density at radius 2 is 1.90 bits per heavy atom. The summed E-state index contributed by atoms with van der Waals surface area (Å²) < 4.78 is 23.5. The Hall–Kier alpha value is -2.44. The molecule has 29 heavy (non-hydrogen) atoms. The smallest absolute Gasteiger partial charge is 0.184 e. The summed E-state index contributed by atoms with van der Waals surface area (Å²) in [7, 11) is 1.63. The third-order valence-electron chi connectivity index (χ3n) is 4.82. The second kappa shape index (κ2) is 10.9. The zero-order valence-electron chi connectivity index (χ0n) is 16.7. The predicted octanol–water partition coefficient (Wildman–Crippen LogP) is 4.19. The van der Waals surface area contributed by atoms with Gasteiger partial charge in [-0.2, -0.15) is 0 Å². The molecule has 5 nitrogen and oxygen atoms in total. The van der Waals surface area contributed by atoms with Gasteiger partial charge >= 0.3 is 0 Å². The molecule has 1 heterocycles. The molecule has 5 heteroatoms. The van der Waals surface area contributed by atoms with Gasteiger partial charge in [0, 0.05) is 12.0 Å². The molecule has 0 saturated carbocycles. The zero-order valence-corrected chi connectivity index (χ0v) is 16.7. The first-order valence-corrected chi connectivity index (χ1v) is 9.73. The Morgan fingerprint density at radius 1 is 1.14 bits per heavy atom. The van der Waals surface area contributed by atoms with Gasteiger partial charge in [0.2, 0.25) is 0 Å². The molecule has 1 fully saturated rings. The number of ether oxygens (including phenoxy) is 4. The van der Waals surface area contributed by atoms with Crippen molar-refractivity contribution in [2.24, 2.45) is 0 Å². The van der Waals surface area contributed by atoms with Gasteiger partial charge in [0.1, 0.15) is 5.75 Å². The molecular weight excluding hydrogens is 368 g/mol. The van der Waals surface area contributed by atoms with Crippen LogP contribution in [-0.4, -0.2) is 37.6 Å². The largest absolute Gasteiger partial charge is 0.497 e. The van der Waals surface area contributed by atoms with Crippen LogP contribution in [0.15, 0.2) is 78.9 Å². The fourth-order valence-corrected chi connectivity index (χ4v) is 3.28. The second-order valence-corrected chi connectivity index (χ2v) is 6.82. The summed E-state index contributed by atoms with van der Waals surface area (Å²) in [4.78, 5) is 0. The van der Waals surface area contributed by atoms with Crippen LogP contribution in [0.25, 0.3) is 0 Å². The Kier molecular flexibility index (Phi) is 8.02. The highest BCUT2D eigenvalue weighted by molar-refractivity contribution is 5.29. The van der Waals surface area contributed by atoms with E-state index >= 15 is 0 Å².